The van der Waals surface area contributed by atoms with E-state index in [1.165, 1.54) is 0 Å². The molecule has 7 heteroatoms. The van der Waals surface area contributed by atoms with Crippen LogP contribution >= 0.6 is 0 Å². The lowest BCUT2D eigenvalue weighted by Gasteiger charge is -2.13. The third-order valence-corrected chi connectivity index (χ3v) is 2.10. The van der Waals surface area contributed by atoms with Crippen molar-refractivity contribution in [3.05, 3.63) is 12.7 Å². The summed E-state index contributed by atoms with van der Waals surface area (Å²) in [6.07, 6.45) is 0.213. The molecule has 0 spiro atoms. The first-order chi connectivity index (χ1) is 4.75. The summed E-state index contributed by atoms with van der Waals surface area (Å²) < 4.78 is 28.5. The Morgan fingerprint density at radius 1 is 1.55 bits per heavy atom. The molecule has 0 aromatic rings. The highest BCUT2D eigenvalue weighted by Crippen LogP contribution is 2.13. The minimum absolute atomic E-state index is 0.213. The van der Waals surface area contributed by atoms with Crippen molar-refractivity contribution in [1.29, 1.82) is 0 Å². The molecule has 0 saturated heterocycles. The van der Waals surface area contributed by atoms with E-state index < -0.39 is 21.0 Å². The van der Waals surface area contributed by atoms with Crippen molar-refractivity contribution in [3.8, 4) is 0 Å². The summed E-state index contributed by atoms with van der Waals surface area (Å²) >= 11 is 0. The highest BCUT2D eigenvalue weighted by Gasteiger charge is 2.46. The SMILES string of the molecule is C=CC(O)(C(=O)O)S(=O)(=O)O. The van der Waals surface area contributed by atoms with Gasteiger partial charge in [-0.15, -0.1) is 0 Å². The van der Waals surface area contributed by atoms with Crippen LogP contribution in [0.5, 0.6) is 0 Å². The summed E-state index contributed by atoms with van der Waals surface area (Å²) in [7, 11) is -5.08. The number of aliphatic carboxylic acids is 1. The van der Waals surface area contributed by atoms with Gasteiger partial charge in [0, 0.05) is 0 Å². The Hall–Kier alpha value is -0.920. The van der Waals surface area contributed by atoms with E-state index in [9.17, 15) is 13.2 Å². The van der Waals surface area contributed by atoms with E-state index in [1.54, 1.807) is 0 Å². The van der Waals surface area contributed by atoms with Gasteiger partial charge < -0.3 is 10.2 Å². The standard InChI is InChI=1S/C4H6O6S/c1-2-4(7,3(5)6)11(8,9)10/h2,7H,1H2,(H,5,6)(H,8,9,10). The first kappa shape index (κ1) is 10.1. The Labute approximate surface area is 62.5 Å². The zero-order chi connectivity index (χ0) is 9.28. The minimum atomic E-state index is -5.08. The van der Waals surface area contributed by atoms with Crippen LogP contribution in [0.2, 0.25) is 0 Å². The van der Waals surface area contributed by atoms with Crippen molar-refractivity contribution in [3.63, 3.8) is 0 Å². The molecule has 0 amide bonds. The maximum absolute atomic E-state index is 10.2. The molecule has 64 valence electrons. The van der Waals surface area contributed by atoms with Crippen LogP contribution in [0.3, 0.4) is 0 Å². The van der Waals surface area contributed by atoms with Gasteiger partial charge in [0.1, 0.15) is 0 Å². The van der Waals surface area contributed by atoms with Crippen molar-refractivity contribution in [2.24, 2.45) is 0 Å². The van der Waals surface area contributed by atoms with Crippen LogP contribution in [-0.4, -0.2) is 34.1 Å². The molecular weight excluding hydrogens is 176 g/mol. The fourth-order valence-corrected chi connectivity index (χ4v) is 0.734. The quantitative estimate of drug-likeness (QED) is 0.374. The molecule has 0 aromatic heterocycles. The van der Waals surface area contributed by atoms with E-state index in [-0.39, 0.29) is 6.08 Å². The molecule has 0 rings (SSSR count). The van der Waals surface area contributed by atoms with Crippen LogP contribution in [0.15, 0.2) is 12.7 Å². The van der Waals surface area contributed by atoms with E-state index in [0.717, 1.165) is 0 Å². The fraction of sp³-hybridized carbons (Fsp3) is 0.250. The van der Waals surface area contributed by atoms with Gasteiger partial charge in [0.05, 0.1) is 0 Å². The van der Waals surface area contributed by atoms with Crippen LogP contribution in [0, 0.1) is 0 Å². The van der Waals surface area contributed by atoms with Crippen LogP contribution in [0.1, 0.15) is 0 Å². The zero-order valence-electron chi connectivity index (χ0n) is 5.26. The third-order valence-electron chi connectivity index (χ3n) is 0.976. The highest BCUT2D eigenvalue weighted by molar-refractivity contribution is 7.88. The van der Waals surface area contributed by atoms with Crippen molar-refractivity contribution in [1.82, 2.24) is 0 Å². The lowest BCUT2D eigenvalue weighted by molar-refractivity contribution is -0.147. The number of carboxylic acids is 1. The minimum Gasteiger partial charge on any atom is -0.478 e. The molecule has 1 atom stereocenters. The highest BCUT2D eigenvalue weighted by atomic mass is 32.2. The number of carboxylic acid groups (broad SMARTS) is 1. The average molecular weight is 182 g/mol. The average Bonchev–Trinajstić information content (AvgIpc) is 1.83. The van der Waals surface area contributed by atoms with Crippen LogP contribution in [0.4, 0.5) is 0 Å². The molecule has 0 fully saturated rings. The second kappa shape index (κ2) is 2.61. The van der Waals surface area contributed by atoms with Gasteiger partial charge in [0.15, 0.2) is 0 Å². The number of carbonyl (C=O) groups is 1. The van der Waals surface area contributed by atoms with Gasteiger partial charge in [0.25, 0.3) is 0 Å². The predicted molar refractivity (Wildman–Crippen MR) is 34.3 cm³/mol. The molecule has 0 bridgehead atoms. The van der Waals surface area contributed by atoms with Gasteiger partial charge >= 0.3 is 21.0 Å². The van der Waals surface area contributed by atoms with Crippen molar-refractivity contribution in [2.75, 3.05) is 0 Å². The summed E-state index contributed by atoms with van der Waals surface area (Å²) in [4.78, 5) is 6.73. The Balaban J connectivity index is 5.26. The zero-order valence-corrected chi connectivity index (χ0v) is 6.08. The van der Waals surface area contributed by atoms with Crippen molar-refractivity contribution < 1.29 is 28.0 Å². The second-order valence-electron chi connectivity index (χ2n) is 1.68. The molecule has 0 heterocycles. The van der Waals surface area contributed by atoms with Gasteiger partial charge in [-0.1, -0.05) is 6.58 Å². The van der Waals surface area contributed by atoms with E-state index in [2.05, 4.69) is 6.58 Å². The first-order valence-electron chi connectivity index (χ1n) is 2.32. The Kier molecular flexibility index (Phi) is 2.39. The molecule has 0 aliphatic heterocycles. The monoisotopic (exact) mass is 182 g/mol. The first-order valence-corrected chi connectivity index (χ1v) is 3.76. The molecule has 1 unspecified atom stereocenters. The molecule has 6 nitrogen and oxygen atoms in total. The van der Waals surface area contributed by atoms with Crippen LogP contribution in [-0.2, 0) is 14.9 Å². The Morgan fingerprint density at radius 3 is 1.91 bits per heavy atom. The molecule has 0 aliphatic rings. The number of aliphatic hydroxyl groups is 1. The molecule has 0 aliphatic carbocycles. The topological polar surface area (TPSA) is 112 Å². The van der Waals surface area contributed by atoms with E-state index >= 15 is 0 Å². The molecule has 0 radical (unpaired) electrons. The maximum Gasteiger partial charge on any atom is 0.358 e. The van der Waals surface area contributed by atoms with E-state index in [0.29, 0.717) is 0 Å². The number of hydrogen-bond acceptors (Lipinski definition) is 4. The molecule has 0 saturated carbocycles. The summed E-state index contributed by atoms with van der Waals surface area (Å²) in [5, 5.41) is 16.8. The lowest BCUT2D eigenvalue weighted by atomic mass is 10.3. The smallest absolute Gasteiger partial charge is 0.358 e. The maximum atomic E-state index is 10.2. The molecule has 0 aromatic carbocycles. The Bertz CT molecular complexity index is 277. The predicted octanol–water partition coefficient (Wildman–Crippen LogP) is -1.17. The van der Waals surface area contributed by atoms with Gasteiger partial charge in [-0.2, -0.15) is 8.42 Å². The van der Waals surface area contributed by atoms with Gasteiger partial charge in [-0.25, -0.2) is 4.79 Å². The van der Waals surface area contributed by atoms with Crippen LogP contribution < -0.4 is 0 Å². The number of hydrogen-bond donors (Lipinski definition) is 3. The second-order valence-corrected chi connectivity index (χ2v) is 3.25. The summed E-state index contributed by atoms with van der Waals surface area (Å²) in [6, 6.07) is 0. The summed E-state index contributed by atoms with van der Waals surface area (Å²) in [5.41, 5.74) is 0. The van der Waals surface area contributed by atoms with Gasteiger partial charge in [-0.05, 0) is 6.08 Å². The Morgan fingerprint density at radius 2 is 1.91 bits per heavy atom. The van der Waals surface area contributed by atoms with Crippen molar-refractivity contribution in [2.45, 2.75) is 4.93 Å². The largest absolute Gasteiger partial charge is 0.478 e. The summed E-state index contributed by atoms with van der Waals surface area (Å²) in [6.45, 7) is 2.75. The van der Waals surface area contributed by atoms with Crippen molar-refractivity contribution >= 4 is 16.1 Å². The fourth-order valence-electron chi connectivity index (χ4n) is 0.303. The van der Waals surface area contributed by atoms with Gasteiger partial charge in [0.2, 0.25) is 0 Å². The molecular formula is C4H6O6S. The van der Waals surface area contributed by atoms with E-state index in [1.807, 2.05) is 0 Å². The van der Waals surface area contributed by atoms with Gasteiger partial charge in [-0.3, -0.25) is 4.55 Å². The van der Waals surface area contributed by atoms with Crippen LogP contribution in [0.25, 0.3) is 0 Å². The number of rotatable bonds is 3. The third kappa shape index (κ3) is 1.56. The summed E-state index contributed by atoms with van der Waals surface area (Å²) in [5.74, 6) is -2.10. The molecule has 3 N–H and O–H groups in total. The lowest BCUT2D eigenvalue weighted by Crippen LogP contribution is -2.44. The molecule has 11 heavy (non-hydrogen) atoms. The normalized spacial score (nSPS) is 16.9. The van der Waals surface area contributed by atoms with E-state index in [4.69, 9.17) is 14.8 Å².